The van der Waals surface area contributed by atoms with Crippen molar-refractivity contribution in [3.05, 3.63) is 39.0 Å². The van der Waals surface area contributed by atoms with Crippen LogP contribution in [0.15, 0.2) is 23.4 Å². The number of nitrogens with zero attached hydrogens (tertiary/aromatic N) is 3. The lowest BCUT2D eigenvalue weighted by atomic mass is 10.1. The molecule has 0 amide bonds. The van der Waals surface area contributed by atoms with Crippen LogP contribution in [-0.2, 0) is 0 Å². The van der Waals surface area contributed by atoms with Crippen molar-refractivity contribution in [3.63, 3.8) is 0 Å². The quantitative estimate of drug-likeness (QED) is 0.599. The zero-order valence-corrected chi connectivity index (χ0v) is 12.5. The molecular weight excluding hydrogens is 351 g/mol. The average molecular weight is 357 g/mol. The topological polar surface area (TPSA) is 130 Å². The molecular formula is C12H6Cl2N4O5. The Morgan fingerprint density at radius 2 is 1.87 bits per heavy atom. The Morgan fingerprint density at radius 1 is 1.22 bits per heavy atom. The molecule has 0 fully saturated rings. The van der Waals surface area contributed by atoms with Gasteiger partial charge >= 0.3 is 6.16 Å². The summed E-state index contributed by atoms with van der Waals surface area (Å²) in [7, 11) is 0. The smallest absolute Gasteiger partial charge is 0.493 e. The summed E-state index contributed by atoms with van der Waals surface area (Å²) >= 11 is 12.0. The van der Waals surface area contributed by atoms with Crippen molar-refractivity contribution in [3.8, 4) is 22.8 Å². The molecule has 3 N–H and O–H groups in total. The minimum Gasteiger partial charge on any atom is -0.493 e. The van der Waals surface area contributed by atoms with Gasteiger partial charge < -0.3 is 19.9 Å². The fourth-order valence-electron chi connectivity index (χ4n) is 2.03. The lowest BCUT2D eigenvalue weighted by Gasteiger charge is -2.09. The molecule has 0 radical (unpaired) electrons. The number of ether oxygens (including phenoxy) is 1. The first-order valence-corrected chi connectivity index (χ1v) is 6.69. The number of hydrogen-bond donors (Lipinski definition) is 3. The number of H-pyrrole nitrogens is 1. The van der Waals surface area contributed by atoms with E-state index in [-0.39, 0.29) is 32.6 Å². The largest absolute Gasteiger partial charge is 0.511 e. The number of fused-ring (bicyclic) bond motifs is 1. The predicted octanol–water partition coefficient (Wildman–Crippen LogP) is 2.15. The molecule has 0 aliphatic rings. The zero-order valence-electron chi connectivity index (χ0n) is 10.9. The third-order valence-electron chi connectivity index (χ3n) is 2.92. The predicted molar refractivity (Wildman–Crippen MR) is 79.4 cm³/mol. The molecule has 3 heterocycles. The molecule has 118 valence electrons. The SMILES string of the molecule is O=C(O)Oc1cnn2c(O)c(-c3c(Cl)cncc3Cl)c(=O)[nH]c12. The van der Waals surface area contributed by atoms with E-state index in [0.29, 0.717) is 0 Å². The van der Waals surface area contributed by atoms with Gasteiger partial charge in [0.2, 0.25) is 5.88 Å². The Balaban J connectivity index is 2.33. The van der Waals surface area contributed by atoms with E-state index >= 15 is 0 Å². The number of carbonyl (C=O) groups is 1. The lowest BCUT2D eigenvalue weighted by Crippen LogP contribution is -2.14. The molecule has 0 atom stereocenters. The summed E-state index contributed by atoms with van der Waals surface area (Å²) < 4.78 is 5.35. The van der Waals surface area contributed by atoms with Crippen LogP contribution in [0.25, 0.3) is 16.8 Å². The van der Waals surface area contributed by atoms with Gasteiger partial charge in [0, 0.05) is 18.0 Å². The van der Waals surface area contributed by atoms with Gasteiger partial charge in [-0.15, -0.1) is 0 Å². The molecule has 0 unspecified atom stereocenters. The molecule has 0 bridgehead atoms. The minimum atomic E-state index is -1.59. The van der Waals surface area contributed by atoms with E-state index in [9.17, 15) is 14.7 Å². The molecule has 3 aromatic rings. The van der Waals surface area contributed by atoms with E-state index in [1.54, 1.807) is 0 Å². The van der Waals surface area contributed by atoms with E-state index in [1.165, 1.54) is 12.4 Å². The van der Waals surface area contributed by atoms with Crippen LogP contribution in [0.4, 0.5) is 4.79 Å². The van der Waals surface area contributed by atoms with Crippen molar-refractivity contribution in [1.82, 2.24) is 19.6 Å². The number of halogens is 2. The maximum Gasteiger partial charge on any atom is 0.511 e. The molecule has 0 saturated heterocycles. The van der Waals surface area contributed by atoms with Crippen molar-refractivity contribution >= 4 is 35.0 Å². The second-order valence-corrected chi connectivity index (χ2v) is 5.08. The summed E-state index contributed by atoms with van der Waals surface area (Å²) in [5.41, 5.74) is -1.07. The van der Waals surface area contributed by atoms with Crippen molar-refractivity contribution in [1.29, 1.82) is 0 Å². The van der Waals surface area contributed by atoms with Gasteiger partial charge in [-0.05, 0) is 0 Å². The number of aromatic hydroxyl groups is 1. The van der Waals surface area contributed by atoms with Crippen LogP contribution in [-0.4, -0.2) is 36.0 Å². The van der Waals surface area contributed by atoms with Gasteiger partial charge in [0.1, 0.15) is 5.56 Å². The van der Waals surface area contributed by atoms with E-state index in [0.717, 1.165) is 10.7 Å². The number of nitrogens with one attached hydrogen (secondary N) is 1. The maximum absolute atomic E-state index is 12.3. The van der Waals surface area contributed by atoms with E-state index in [1.807, 2.05) is 0 Å². The van der Waals surface area contributed by atoms with Crippen LogP contribution >= 0.6 is 23.2 Å². The Bertz CT molecular complexity index is 977. The Labute approximate surface area is 136 Å². The second-order valence-electron chi connectivity index (χ2n) is 4.27. The maximum atomic E-state index is 12.3. The van der Waals surface area contributed by atoms with E-state index in [2.05, 4.69) is 19.8 Å². The Hall–Kier alpha value is -2.78. The van der Waals surface area contributed by atoms with Gasteiger partial charge in [-0.3, -0.25) is 9.78 Å². The highest BCUT2D eigenvalue weighted by Crippen LogP contribution is 2.36. The van der Waals surface area contributed by atoms with E-state index in [4.69, 9.17) is 28.3 Å². The molecule has 11 heteroatoms. The number of pyridine rings is 1. The van der Waals surface area contributed by atoms with Crippen LogP contribution in [0.5, 0.6) is 11.6 Å². The summed E-state index contributed by atoms with van der Waals surface area (Å²) in [6, 6.07) is 0. The Morgan fingerprint density at radius 3 is 2.48 bits per heavy atom. The molecule has 0 aliphatic heterocycles. The Kier molecular flexibility index (Phi) is 3.58. The first-order chi connectivity index (χ1) is 10.9. The van der Waals surface area contributed by atoms with Gasteiger partial charge in [0.15, 0.2) is 11.4 Å². The third-order valence-corrected chi connectivity index (χ3v) is 3.49. The highest BCUT2D eigenvalue weighted by atomic mass is 35.5. The number of aromatic amines is 1. The van der Waals surface area contributed by atoms with Gasteiger partial charge in [0.25, 0.3) is 5.56 Å². The van der Waals surface area contributed by atoms with Crippen molar-refractivity contribution in [2.24, 2.45) is 0 Å². The second kappa shape index (κ2) is 5.45. The van der Waals surface area contributed by atoms with Gasteiger partial charge in [0.05, 0.1) is 16.2 Å². The first kappa shape index (κ1) is 15.1. The van der Waals surface area contributed by atoms with Crippen LogP contribution in [0.3, 0.4) is 0 Å². The van der Waals surface area contributed by atoms with Crippen LogP contribution in [0.2, 0.25) is 10.0 Å². The number of aromatic nitrogens is 4. The average Bonchev–Trinajstić information content (AvgIpc) is 2.84. The number of carboxylic acid groups (broad SMARTS) is 1. The molecule has 0 spiro atoms. The number of hydrogen-bond acceptors (Lipinski definition) is 6. The highest BCUT2D eigenvalue weighted by molar-refractivity contribution is 6.39. The summed E-state index contributed by atoms with van der Waals surface area (Å²) in [5, 5.41) is 22.8. The lowest BCUT2D eigenvalue weighted by molar-refractivity contribution is 0.145. The summed E-state index contributed by atoms with van der Waals surface area (Å²) in [4.78, 5) is 29.0. The van der Waals surface area contributed by atoms with Crippen molar-refractivity contribution < 1.29 is 19.7 Å². The molecule has 0 saturated carbocycles. The molecule has 3 rings (SSSR count). The van der Waals surface area contributed by atoms with Crippen molar-refractivity contribution in [2.45, 2.75) is 0 Å². The third kappa shape index (κ3) is 2.45. The van der Waals surface area contributed by atoms with Crippen LogP contribution in [0, 0.1) is 0 Å². The minimum absolute atomic E-state index is 0.0480. The normalized spacial score (nSPS) is 10.9. The first-order valence-electron chi connectivity index (χ1n) is 5.93. The van der Waals surface area contributed by atoms with Crippen molar-refractivity contribution in [2.75, 3.05) is 0 Å². The monoisotopic (exact) mass is 356 g/mol. The van der Waals surface area contributed by atoms with Gasteiger partial charge in [-0.1, -0.05) is 23.2 Å². The van der Waals surface area contributed by atoms with Gasteiger partial charge in [-0.2, -0.15) is 9.61 Å². The molecule has 23 heavy (non-hydrogen) atoms. The molecule has 0 aliphatic carbocycles. The molecule has 0 aromatic carbocycles. The number of rotatable bonds is 2. The van der Waals surface area contributed by atoms with Crippen LogP contribution in [0.1, 0.15) is 0 Å². The summed E-state index contributed by atoms with van der Waals surface area (Å²) in [6.07, 6.45) is 1.95. The molecule has 9 nitrogen and oxygen atoms in total. The molecule has 3 aromatic heterocycles. The van der Waals surface area contributed by atoms with E-state index < -0.39 is 17.6 Å². The van der Waals surface area contributed by atoms with Crippen LogP contribution < -0.4 is 10.3 Å². The fraction of sp³-hybridized carbons (Fsp3) is 0. The van der Waals surface area contributed by atoms with Gasteiger partial charge in [-0.25, -0.2) is 4.79 Å². The summed E-state index contributed by atoms with van der Waals surface area (Å²) in [6.45, 7) is 0. The highest BCUT2D eigenvalue weighted by Gasteiger charge is 2.22. The zero-order chi connectivity index (χ0) is 16.7. The summed E-state index contributed by atoms with van der Waals surface area (Å²) in [5.74, 6) is -0.831. The fourth-order valence-corrected chi connectivity index (χ4v) is 2.58. The standard InChI is InChI=1S/C12H6Cl2N4O5/c13-4-1-15-2-5(14)7(4)8-10(19)17-9-6(23-12(21)22)3-16-18(9)11(8)20/h1-3,20H,(H,17,19)(H,21,22).